The van der Waals surface area contributed by atoms with E-state index < -0.39 is 55.6 Å². The first-order valence-electron chi connectivity index (χ1n) is 9.79. The van der Waals surface area contributed by atoms with E-state index in [4.69, 9.17) is 4.74 Å². The second-order valence-corrected chi connectivity index (χ2v) is 7.48. The predicted octanol–water partition coefficient (Wildman–Crippen LogP) is 4.05. The van der Waals surface area contributed by atoms with Crippen molar-refractivity contribution in [1.29, 1.82) is 0 Å². The highest BCUT2D eigenvalue weighted by molar-refractivity contribution is 5.71. The van der Waals surface area contributed by atoms with Gasteiger partial charge in [0.1, 0.15) is 30.2 Å². The average Bonchev–Trinajstić information content (AvgIpc) is 3.14. The highest BCUT2D eigenvalue weighted by Gasteiger charge is 2.45. The van der Waals surface area contributed by atoms with Crippen molar-refractivity contribution in [1.82, 2.24) is 24.7 Å². The summed E-state index contributed by atoms with van der Waals surface area (Å²) in [4.78, 5) is 13.2. The first-order valence-corrected chi connectivity index (χ1v) is 9.79. The summed E-state index contributed by atoms with van der Waals surface area (Å²) in [6.45, 7) is -1.61. The van der Waals surface area contributed by atoms with Crippen LogP contribution in [0.1, 0.15) is 12.1 Å². The number of aromatic nitrogens is 5. The molecule has 14 heteroatoms. The minimum absolute atomic E-state index is 0.0888. The Balaban J connectivity index is 1.50. The van der Waals surface area contributed by atoms with E-state index in [1.54, 1.807) is 0 Å². The van der Waals surface area contributed by atoms with Gasteiger partial charge in [-0.15, -0.1) is 0 Å². The summed E-state index contributed by atoms with van der Waals surface area (Å²) in [5, 5.41) is 3.81. The predicted molar refractivity (Wildman–Crippen MR) is 101 cm³/mol. The van der Waals surface area contributed by atoms with Gasteiger partial charge in [0.25, 0.3) is 12.3 Å². The number of alkyl halides is 7. The third-order valence-electron chi connectivity index (χ3n) is 5.17. The van der Waals surface area contributed by atoms with E-state index >= 15 is 0 Å². The Bertz CT molecular complexity index is 1120. The summed E-state index contributed by atoms with van der Waals surface area (Å²) in [5.74, 6) is -4.76. The third-order valence-corrected chi connectivity index (χ3v) is 5.17. The van der Waals surface area contributed by atoms with E-state index in [1.807, 2.05) is 0 Å². The fourth-order valence-corrected chi connectivity index (χ4v) is 3.46. The molecular weight excluding hydrogens is 461 g/mol. The van der Waals surface area contributed by atoms with Gasteiger partial charge in [-0.05, 0) is 6.07 Å². The maximum atomic E-state index is 14.5. The lowest BCUT2D eigenvalue weighted by Gasteiger charge is -2.38. The number of hydrogen-bond donors (Lipinski definition) is 0. The molecular formula is C19H17F7N6O. The molecule has 1 aliphatic heterocycles. The van der Waals surface area contributed by atoms with Crippen molar-refractivity contribution < 1.29 is 35.5 Å². The Morgan fingerprint density at radius 3 is 2.67 bits per heavy atom. The van der Waals surface area contributed by atoms with Crippen LogP contribution >= 0.6 is 0 Å². The van der Waals surface area contributed by atoms with Crippen molar-refractivity contribution in [3.63, 3.8) is 0 Å². The van der Waals surface area contributed by atoms with E-state index in [1.165, 1.54) is 17.3 Å². The number of anilines is 1. The molecule has 1 saturated heterocycles. The first-order chi connectivity index (χ1) is 15.5. The van der Waals surface area contributed by atoms with Gasteiger partial charge in [0, 0.05) is 25.6 Å². The van der Waals surface area contributed by atoms with Crippen LogP contribution in [0.15, 0.2) is 30.6 Å². The van der Waals surface area contributed by atoms with Crippen molar-refractivity contribution in [2.75, 3.05) is 24.6 Å². The zero-order valence-electron chi connectivity index (χ0n) is 16.8. The fourth-order valence-electron chi connectivity index (χ4n) is 3.46. The van der Waals surface area contributed by atoms with E-state index in [-0.39, 0.29) is 30.1 Å². The van der Waals surface area contributed by atoms with Gasteiger partial charge in [-0.1, -0.05) is 6.07 Å². The molecule has 0 amide bonds. The molecule has 1 unspecified atom stereocenters. The number of ether oxygens (including phenoxy) is 1. The van der Waals surface area contributed by atoms with Gasteiger partial charge < -0.3 is 9.64 Å². The van der Waals surface area contributed by atoms with Crippen molar-refractivity contribution in [2.24, 2.45) is 5.92 Å². The van der Waals surface area contributed by atoms with Gasteiger partial charge in [-0.3, -0.25) is 0 Å². The fraction of sp³-hybridized carbons (Fsp3) is 0.474. The highest BCUT2D eigenvalue weighted by Crippen LogP contribution is 2.36. The minimum Gasteiger partial charge on any atom is -0.477 e. The van der Waals surface area contributed by atoms with E-state index in [0.717, 1.165) is 22.9 Å². The van der Waals surface area contributed by atoms with Crippen LogP contribution in [0.2, 0.25) is 0 Å². The number of piperidine rings is 1. The smallest absolute Gasteiger partial charge is 0.433 e. The Morgan fingerprint density at radius 2 is 1.94 bits per heavy atom. The lowest BCUT2D eigenvalue weighted by Crippen LogP contribution is -2.49. The zero-order chi connectivity index (χ0) is 23.8. The monoisotopic (exact) mass is 478 g/mol. The summed E-state index contributed by atoms with van der Waals surface area (Å²) in [7, 11) is 0. The molecule has 1 atom stereocenters. The Labute approximate surface area is 182 Å². The number of pyridine rings is 1. The summed E-state index contributed by atoms with van der Waals surface area (Å²) >= 11 is 0. The Morgan fingerprint density at radius 1 is 1.15 bits per heavy atom. The topological polar surface area (TPSA) is 69.0 Å². The first kappa shape index (κ1) is 23.0. The molecule has 0 saturated carbocycles. The summed E-state index contributed by atoms with van der Waals surface area (Å²) in [6.07, 6.45) is -5.32. The molecule has 1 fully saturated rings. The summed E-state index contributed by atoms with van der Waals surface area (Å²) in [6, 6.07) is 2.97. The van der Waals surface area contributed by atoms with Crippen molar-refractivity contribution >= 4 is 17.0 Å². The van der Waals surface area contributed by atoms with E-state index in [9.17, 15) is 30.7 Å². The van der Waals surface area contributed by atoms with Crippen molar-refractivity contribution in [2.45, 2.75) is 31.5 Å². The van der Waals surface area contributed by atoms with Gasteiger partial charge in [0.05, 0.1) is 18.3 Å². The maximum absolute atomic E-state index is 14.5. The van der Waals surface area contributed by atoms with Crippen LogP contribution in [-0.4, -0.2) is 56.8 Å². The number of rotatable bonds is 6. The molecule has 0 aromatic carbocycles. The standard InChI is InChI=1S/C19H17F7N6O/c20-14(21)9-32-17-12(6-28-32)27-7-15(30-17)31-5-4-18(22,23)11(8-31)10-33-16-3-1-2-13(29-16)19(24,25)26/h1-3,6-7,11,14H,4-5,8-10H2. The summed E-state index contributed by atoms with van der Waals surface area (Å²) < 4.78 is 99.1. The second kappa shape index (κ2) is 8.63. The average molecular weight is 478 g/mol. The quantitative estimate of drug-likeness (QED) is 0.498. The molecule has 7 nitrogen and oxygen atoms in total. The molecule has 0 bridgehead atoms. The highest BCUT2D eigenvalue weighted by atomic mass is 19.4. The van der Waals surface area contributed by atoms with Crippen LogP contribution in [0.4, 0.5) is 36.6 Å². The lowest BCUT2D eigenvalue weighted by molar-refractivity contribution is -0.141. The minimum atomic E-state index is -4.70. The summed E-state index contributed by atoms with van der Waals surface area (Å²) in [5.41, 5.74) is -0.829. The van der Waals surface area contributed by atoms with Crippen LogP contribution in [0.3, 0.4) is 0 Å². The molecule has 178 valence electrons. The van der Waals surface area contributed by atoms with Crippen LogP contribution in [0, 0.1) is 5.92 Å². The van der Waals surface area contributed by atoms with Gasteiger partial charge in [-0.25, -0.2) is 37.2 Å². The molecule has 3 aromatic heterocycles. The molecule has 33 heavy (non-hydrogen) atoms. The second-order valence-electron chi connectivity index (χ2n) is 7.48. The number of fused-ring (bicyclic) bond motifs is 1. The molecule has 3 aromatic rings. The van der Waals surface area contributed by atoms with Crippen LogP contribution < -0.4 is 9.64 Å². The number of halogens is 7. The van der Waals surface area contributed by atoms with E-state index in [2.05, 4.69) is 20.1 Å². The molecule has 0 spiro atoms. The molecule has 0 N–H and O–H groups in total. The molecule has 4 heterocycles. The molecule has 0 aliphatic carbocycles. The Hall–Kier alpha value is -3.19. The Kier molecular flexibility index (Phi) is 6.01. The van der Waals surface area contributed by atoms with Crippen molar-refractivity contribution in [3.8, 4) is 5.88 Å². The SMILES string of the molecule is FC(F)Cn1ncc2ncc(N3CCC(F)(F)C(COc4cccc(C(F)(F)F)n4)C3)nc21. The number of hydrogen-bond acceptors (Lipinski definition) is 6. The van der Waals surface area contributed by atoms with Gasteiger partial charge in [0.15, 0.2) is 5.65 Å². The largest absolute Gasteiger partial charge is 0.477 e. The molecule has 1 aliphatic rings. The normalized spacial score (nSPS) is 18.8. The zero-order valence-corrected chi connectivity index (χ0v) is 16.8. The van der Waals surface area contributed by atoms with Crippen molar-refractivity contribution in [3.05, 3.63) is 36.3 Å². The van der Waals surface area contributed by atoms with Gasteiger partial charge in [-0.2, -0.15) is 18.3 Å². The third kappa shape index (κ3) is 5.09. The van der Waals surface area contributed by atoms with Crippen LogP contribution in [0.25, 0.3) is 11.2 Å². The maximum Gasteiger partial charge on any atom is 0.433 e. The van der Waals surface area contributed by atoms with Crippen LogP contribution in [-0.2, 0) is 12.7 Å². The van der Waals surface area contributed by atoms with Gasteiger partial charge in [0.2, 0.25) is 5.88 Å². The van der Waals surface area contributed by atoms with Crippen LogP contribution in [0.5, 0.6) is 5.88 Å². The number of nitrogens with zero attached hydrogens (tertiary/aromatic N) is 6. The van der Waals surface area contributed by atoms with E-state index in [0.29, 0.717) is 0 Å². The van der Waals surface area contributed by atoms with Gasteiger partial charge >= 0.3 is 6.18 Å². The molecule has 0 radical (unpaired) electrons. The lowest BCUT2D eigenvalue weighted by atomic mass is 9.94. The molecule has 4 rings (SSSR count).